The molecule has 1 heterocycles. The highest BCUT2D eigenvalue weighted by atomic mass is 19.1. The Kier molecular flexibility index (Phi) is 3.81. The van der Waals surface area contributed by atoms with Crippen molar-refractivity contribution in [2.45, 2.75) is 18.9 Å². The van der Waals surface area contributed by atoms with Crippen LogP contribution in [0.5, 0.6) is 0 Å². The van der Waals surface area contributed by atoms with E-state index in [1.165, 1.54) is 25.3 Å². The van der Waals surface area contributed by atoms with Crippen molar-refractivity contribution in [3.05, 3.63) is 29.6 Å². The molecule has 0 aromatic heterocycles. The van der Waals surface area contributed by atoms with Crippen molar-refractivity contribution in [3.63, 3.8) is 0 Å². The van der Waals surface area contributed by atoms with Gasteiger partial charge >= 0.3 is 5.97 Å². The molecule has 1 aromatic rings. The molecule has 0 saturated carbocycles. The number of aliphatic hydroxyl groups is 1. The molecule has 0 amide bonds. The number of methoxy groups -OCH3 is 1. The number of ether oxygens (including phenoxy) is 1. The molecule has 0 radical (unpaired) electrons. The average Bonchev–Trinajstić information content (AvgIpc) is 2.90. The van der Waals surface area contributed by atoms with Gasteiger partial charge in [-0.2, -0.15) is 0 Å². The van der Waals surface area contributed by atoms with Gasteiger partial charge in [-0.25, -0.2) is 9.18 Å². The molecule has 0 aliphatic carbocycles. The first kappa shape index (κ1) is 12.8. The molecular formula is C13H16FNO3. The standard InChI is InChI=1S/C13H16FNO3/c1-18-13(17)12(16)10-5-4-9(14)8-11(10)15-6-2-3-7-15/h4-5,8,12,16H,2-3,6-7H2,1H3. The quantitative estimate of drug-likeness (QED) is 0.832. The lowest BCUT2D eigenvalue weighted by Crippen LogP contribution is -2.23. The van der Waals surface area contributed by atoms with Crippen molar-refractivity contribution in [1.82, 2.24) is 0 Å². The summed E-state index contributed by atoms with van der Waals surface area (Å²) in [6.07, 6.45) is 0.695. The highest BCUT2D eigenvalue weighted by Crippen LogP contribution is 2.30. The second kappa shape index (κ2) is 5.35. The second-order valence-electron chi connectivity index (χ2n) is 4.32. The summed E-state index contributed by atoms with van der Waals surface area (Å²) in [4.78, 5) is 13.4. The van der Waals surface area contributed by atoms with Crippen LogP contribution in [0.25, 0.3) is 0 Å². The van der Waals surface area contributed by atoms with E-state index in [-0.39, 0.29) is 5.82 Å². The van der Waals surface area contributed by atoms with Crippen LogP contribution in [0.2, 0.25) is 0 Å². The lowest BCUT2D eigenvalue weighted by Gasteiger charge is -2.23. The van der Waals surface area contributed by atoms with Crippen molar-refractivity contribution in [1.29, 1.82) is 0 Å². The summed E-state index contributed by atoms with van der Waals surface area (Å²) < 4.78 is 17.8. The van der Waals surface area contributed by atoms with E-state index in [0.717, 1.165) is 25.9 Å². The number of rotatable bonds is 3. The summed E-state index contributed by atoms with van der Waals surface area (Å²) in [5, 5.41) is 9.90. The molecule has 1 fully saturated rings. The van der Waals surface area contributed by atoms with Gasteiger partial charge in [0.1, 0.15) is 5.82 Å². The van der Waals surface area contributed by atoms with E-state index >= 15 is 0 Å². The molecule has 0 spiro atoms. The second-order valence-corrected chi connectivity index (χ2v) is 4.32. The molecule has 4 nitrogen and oxygen atoms in total. The number of anilines is 1. The summed E-state index contributed by atoms with van der Waals surface area (Å²) in [7, 11) is 1.21. The first-order valence-electron chi connectivity index (χ1n) is 5.94. The number of benzene rings is 1. The van der Waals surface area contributed by atoms with Gasteiger partial charge in [-0.1, -0.05) is 6.07 Å². The van der Waals surface area contributed by atoms with E-state index in [1.54, 1.807) is 0 Å². The van der Waals surface area contributed by atoms with Crippen LogP contribution < -0.4 is 4.90 Å². The van der Waals surface area contributed by atoms with Crippen LogP contribution in [-0.4, -0.2) is 31.3 Å². The molecule has 1 aliphatic heterocycles. The number of nitrogens with zero attached hydrogens (tertiary/aromatic N) is 1. The zero-order chi connectivity index (χ0) is 13.1. The zero-order valence-electron chi connectivity index (χ0n) is 10.2. The number of aliphatic hydroxyl groups excluding tert-OH is 1. The van der Waals surface area contributed by atoms with Gasteiger partial charge in [-0.3, -0.25) is 0 Å². The van der Waals surface area contributed by atoms with Gasteiger partial charge in [0.15, 0.2) is 6.10 Å². The smallest absolute Gasteiger partial charge is 0.339 e. The lowest BCUT2D eigenvalue weighted by molar-refractivity contribution is -0.150. The lowest BCUT2D eigenvalue weighted by atomic mass is 10.1. The van der Waals surface area contributed by atoms with E-state index in [9.17, 15) is 14.3 Å². The molecule has 1 aliphatic rings. The van der Waals surface area contributed by atoms with Gasteiger partial charge in [0.05, 0.1) is 7.11 Å². The summed E-state index contributed by atoms with van der Waals surface area (Å²) in [6.45, 7) is 1.62. The minimum atomic E-state index is -1.37. The van der Waals surface area contributed by atoms with Crippen molar-refractivity contribution < 1.29 is 19.0 Å². The minimum absolute atomic E-state index is 0.377. The number of carbonyl (C=O) groups excluding carboxylic acids is 1. The Morgan fingerprint density at radius 3 is 2.72 bits per heavy atom. The van der Waals surface area contributed by atoms with E-state index in [1.807, 2.05) is 4.90 Å². The van der Waals surface area contributed by atoms with E-state index in [4.69, 9.17) is 0 Å². The Morgan fingerprint density at radius 2 is 2.11 bits per heavy atom. The maximum atomic E-state index is 13.3. The third-order valence-electron chi connectivity index (χ3n) is 3.16. The van der Waals surface area contributed by atoms with E-state index in [2.05, 4.69) is 4.74 Å². The Morgan fingerprint density at radius 1 is 1.44 bits per heavy atom. The van der Waals surface area contributed by atoms with Gasteiger partial charge in [0.25, 0.3) is 0 Å². The fourth-order valence-corrected chi connectivity index (χ4v) is 2.22. The Balaban J connectivity index is 2.36. The van der Waals surface area contributed by atoms with Gasteiger partial charge in [-0.15, -0.1) is 0 Å². The normalized spacial score (nSPS) is 16.7. The monoisotopic (exact) mass is 253 g/mol. The van der Waals surface area contributed by atoms with Crippen molar-refractivity contribution in [2.24, 2.45) is 0 Å². The summed E-state index contributed by atoms with van der Waals surface area (Å²) in [5.41, 5.74) is 0.968. The number of halogens is 1. The highest BCUT2D eigenvalue weighted by Gasteiger charge is 2.25. The Hall–Kier alpha value is -1.62. The number of hydrogen-bond acceptors (Lipinski definition) is 4. The molecular weight excluding hydrogens is 237 g/mol. The number of esters is 1. The molecule has 5 heteroatoms. The fraction of sp³-hybridized carbons (Fsp3) is 0.462. The average molecular weight is 253 g/mol. The van der Waals surface area contributed by atoms with Crippen LogP contribution in [0.3, 0.4) is 0 Å². The Bertz CT molecular complexity index is 444. The SMILES string of the molecule is COC(=O)C(O)c1ccc(F)cc1N1CCCC1. The van der Waals surface area contributed by atoms with E-state index in [0.29, 0.717) is 11.3 Å². The molecule has 2 rings (SSSR count). The number of hydrogen-bond donors (Lipinski definition) is 1. The van der Waals surface area contributed by atoms with Gasteiger partial charge in [0, 0.05) is 24.3 Å². The molecule has 1 saturated heterocycles. The minimum Gasteiger partial charge on any atom is -0.467 e. The molecule has 1 N–H and O–H groups in total. The molecule has 1 aromatic carbocycles. The summed E-state index contributed by atoms with van der Waals surface area (Å²) >= 11 is 0. The topological polar surface area (TPSA) is 49.8 Å². The van der Waals surface area contributed by atoms with Crippen molar-refractivity contribution in [3.8, 4) is 0 Å². The first-order valence-corrected chi connectivity index (χ1v) is 5.94. The Labute approximate surface area is 105 Å². The zero-order valence-corrected chi connectivity index (χ0v) is 10.2. The van der Waals surface area contributed by atoms with Gasteiger partial charge in [-0.05, 0) is 25.0 Å². The van der Waals surface area contributed by atoms with Crippen LogP contribution >= 0.6 is 0 Å². The van der Waals surface area contributed by atoms with Crippen LogP contribution in [-0.2, 0) is 9.53 Å². The maximum absolute atomic E-state index is 13.3. The molecule has 0 bridgehead atoms. The van der Waals surface area contributed by atoms with Crippen molar-refractivity contribution >= 4 is 11.7 Å². The summed E-state index contributed by atoms with van der Waals surface area (Å²) in [6, 6.07) is 4.03. The predicted octanol–water partition coefficient (Wildman–Crippen LogP) is 1.63. The predicted molar refractivity (Wildman–Crippen MR) is 64.8 cm³/mol. The van der Waals surface area contributed by atoms with Crippen molar-refractivity contribution in [2.75, 3.05) is 25.1 Å². The molecule has 1 unspecified atom stereocenters. The molecule has 1 atom stereocenters. The maximum Gasteiger partial charge on any atom is 0.339 e. The largest absolute Gasteiger partial charge is 0.467 e. The van der Waals surface area contributed by atoms with Gasteiger partial charge in [0.2, 0.25) is 0 Å². The third-order valence-corrected chi connectivity index (χ3v) is 3.16. The third kappa shape index (κ3) is 2.46. The first-order chi connectivity index (χ1) is 8.63. The van der Waals surface area contributed by atoms with Crippen LogP contribution in [0.15, 0.2) is 18.2 Å². The molecule has 98 valence electrons. The van der Waals surface area contributed by atoms with E-state index < -0.39 is 12.1 Å². The van der Waals surface area contributed by atoms with Crippen LogP contribution in [0.4, 0.5) is 10.1 Å². The summed E-state index contributed by atoms with van der Waals surface area (Å²) in [5.74, 6) is -1.11. The highest BCUT2D eigenvalue weighted by molar-refractivity contribution is 5.79. The van der Waals surface area contributed by atoms with Crippen LogP contribution in [0, 0.1) is 5.82 Å². The van der Waals surface area contributed by atoms with Gasteiger partial charge < -0.3 is 14.7 Å². The molecule has 18 heavy (non-hydrogen) atoms. The number of carbonyl (C=O) groups is 1. The van der Waals surface area contributed by atoms with Crippen LogP contribution in [0.1, 0.15) is 24.5 Å². The fourth-order valence-electron chi connectivity index (χ4n) is 2.22.